The van der Waals surface area contributed by atoms with Gasteiger partial charge in [0.05, 0.1) is 17.2 Å². The first-order valence-electron chi connectivity index (χ1n) is 8.50. The minimum Gasteiger partial charge on any atom is -0.399 e. The number of nitrogens with zero attached hydrogens (tertiary/aromatic N) is 5. The van der Waals surface area contributed by atoms with Crippen molar-refractivity contribution in [1.29, 1.82) is 0 Å². The molecule has 1 amide bonds. The number of rotatable bonds is 4. The minimum atomic E-state index is -0.198. The summed E-state index contributed by atoms with van der Waals surface area (Å²) in [4.78, 5) is 29.0. The van der Waals surface area contributed by atoms with Crippen LogP contribution in [-0.2, 0) is 11.3 Å². The number of aryl methyl sites for hydroxylation is 1. The molecule has 0 radical (unpaired) electrons. The number of amides is 1. The van der Waals surface area contributed by atoms with Gasteiger partial charge in [-0.25, -0.2) is 9.67 Å². The molecule has 0 unspecified atom stereocenters. The van der Waals surface area contributed by atoms with Crippen molar-refractivity contribution in [3.63, 3.8) is 0 Å². The summed E-state index contributed by atoms with van der Waals surface area (Å²) in [5.74, 6) is 0.762. The van der Waals surface area contributed by atoms with Crippen LogP contribution in [0.2, 0.25) is 0 Å². The molecule has 134 valence electrons. The van der Waals surface area contributed by atoms with Gasteiger partial charge in [-0.15, -0.1) is 5.10 Å². The van der Waals surface area contributed by atoms with Gasteiger partial charge in [0.1, 0.15) is 12.4 Å². The largest absolute Gasteiger partial charge is 0.399 e. The first kappa shape index (κ1) is 16.2. The Morgan fingerprint density at radius 3 is 2.88 bits per heavy atom. The van der Waals surface area contributed by atoms with Gasteiger partial charge in [0.25, 0.3) is 5.91 Å². The van der Waals surface area contributed by atoms with E-state index in [9.17, 15) is 9.59 Å². The summed E-state index contributed by atoms with van der Waals surface area (Å²) >= 11 is 0. The van der Waals surface area contributed by atoms with E-state index in [1.807, 2.05) is 0 Å². The molecule has 9 heteroatoms. The van der Waals surface area contributed by atoms with E-state index in [0.717, 1.165) is 19.3 Å². The fourth-order valence-electron chi connectivity index (χ4n) is 3.07. The number of nitrogens with one attached hydrogen (secondary N) is 1. The summed E-state index contributed by atoms with van der Waals surface area (Å²) in [5, 5.41) is 10.6. The summed E-state index contributed by atoms with van der Waals surface area (Å²) in [7, 11) is 0. The topological polar surface area (TPSA) is 121 Å². The molecule has 0 atom stereocenters. The molecular weight excluding hydrogens is 334 g/mol. The van der Waals surface area contributed by atoms with Crippen LogP contribution >= 0.6 is 0 Å². The lowest BCUT2D eigenvalue weighted by molar-refractivity contribution is -0.122. The Hall–Kier alpha value is -3.23. The second-order valence-electron chi connectivity index (χ2n) is 6.55. The smallest absolute Gasteiger partial charge is 0.254 e. The molecular formula is C17H19N7O2. The van der Waals surface area contributed by atoms with Gasteiger partial charge < -0.3 is 11.1 Å². The molecule has 0 bridgehead atoms. The van der Waals surface area contributed by atoms with E-state index in [2.05, 4.69) is 20.6 Å². The normalized spacial score (nSPS) is 14.3. The zero-order valence-electron chi connectivity index (χ0n) is 14.3. The van der Waals surface area contributed by atoms with Crippen LogP contribution < -0.4 is 11.1 Å². The molecule has 26 heavy (non-hydrogen) atoms. The van der Waals surface area contributed by atoms with Crippen LogP contribution in [0, 0.1) is 12.8 Å². The number of imidazole rings is 1. The third-order valence-corrected chi connectivity index (χ3v) is 4.66. The molecule has 2 heterocycles. The van der Waals surface area contributed by atoms with Gasteiger partial charge >= 0.3 is 0 Å². The predicted molar refractivity (Wildman–Crippen MR) is 95.5 cm³/mol. The van der Waals surface area contributed by atoms with Crippen molar-refractivity contribution < 1.29 is 9.59 Å². The molecule has 4 rings (SSSR count). The molecule has 1 aliphatic carbocycles. The van der Waals surface area contributed by atoms with Crippen molar-refractivity contribution in [3.8, 4) is 0 Å². The van der Waals surface area contributed by atoms with Crippen molar-refractivity contribution in [1.82, 2.24) is 24.5 Å². The molecule has 1 saturated carbocycles. The Bertz CT molecular complexity index is 1000. The number of carbonyl (C=O) groups is 2. The van der Waals surface area contributed by atoms with Crippen molar-refractivity contribution in [2.24, 2.45) is 5.92 Å². The van der Waals surface area contributed by atoms with Crippen molar-refractivity contribution in [2.75, 3.05) is 11.1 Å². The fraction of sp³-hybridized carbons (Fsp3) is 0.353. The first-order valence-corrected chi connectivity index (χ1v) is 8.50. The maximum Gasteiger partial charge on any atom is 0.254 e. The van der Waals surface area contributed by atoms with Gasteiger partial charge in [0.2, 0.25) is 5.91 Å². The number of aromatic nitrogens is 5. The van der Waals surface area contributed by atoms with Crippen LogP contribution in [0.4, 0.5) is 11.5 Å². The second-order valence-corrected chi connectivity index (χ2v) is 6.55. The third-order valence-electron chi connectivity index (χ3n) is 4.66. The molecule has 1 aromatic carbocycles. The van der Waals surface area contributed by atoms with E-state index >= 15 is 0 Å². The summed E-state index contributed by atoms with van der Waals surface area (Å²) in [6, 6.07) is 5.24. The average molecular weight is 353 g/mol. The van der Waals surface area contributed by atoms with Crippen molar-refractivity contribution in [2.45, 2.75) is 32.7 Å². The molecule has 1 aliphatic rings. The molecule has 3 N–H and O–H groups in total. The quantitative estimate of drug-likeness (QED) is 0.687. The summed E-state index contributed by atoms with van der Waals surface area (Å²) in [6.45, 7) is 1.75. The van der Waals surface area contributed by atoms with Crippen molar-refractivity contribution in [3.05, 3.63) is 30.2 Å². The van der Waals surface area contributed by atoms with Crippen LogP contribution in [-0.4, -0.2) is 36.4 Å². The van der Waals surface area contributed by atoms with Gasteiger partial charge in [0.15, 0.2) is 5.82 Å². The lowest BCUT2D eigenvalue weighted by Crippen LogP contribution is -2.28. The molecule has 0 saturated heterocycles. The lowest BCUT2D eigenvalue weighted by Gasteiger charge is -2.23. The van der Waals surface area contributed by atoms with Gasteiger partial charge in [0, 0.05) is 11.6 Å². The number of carbonyl (C=O) groups excluding carboxylic acids is 2. The maximum absolute atomic E-state index is 12.7. The highest BCUT2D eigenvalue weighted by Gasteiger charge is 2.25. The average Bonchev–Trinajstić information content (AvgIpc) is 3.07. The van der Waals surface area contributed by atoms with Crippen molar-refractivity contribution >= 4 is 34.4 Å². The molecule has 3 aromatic rings. The molecule has 1 fully saturated rings. The van der Waals surface area contributed by atoms with E-state index < -0.39 is 0 Å². The fourth-order valence-corrected chi connectivity index (χ4v) is 3.07. The van der Waals surface area contributed by atoms with E-state index in [-0.39, 0.29) is 24.3 Å². The summed E-state index contributed by atoms with van der Waals surface area (Å²) < 4.78 is 2.93. The van der Waals surface area contributed by atoms with Gasteiger partial charge in [-0.1, -0.05) is 11.6 Å². The maximum atomic E-state index is 12.7. The predicted octanol–water partition coefficient (Wildman–Crippen LogP) is 1.60. The zero-order chi connectivity index (χ0) is 18.3. The highest BCUT2D eigenvalue weighted by atomic mass is 16.2. The first-order chi connectivity index (χ1) is 12.5. The lowest BCUT2D eigenvalue weighted by atomic mass is 9.85. The zero-order valence-corrected chi connectivity index (χ0v) is 14.3. The number of hydrogen-bond donors (Lipinski definition) is 2. The second kappa shape index (κ2) is 6.25. The molecule has 2 aromatic heterocycles. The van der Waals surface area contributed by atoms with Crippen LogP contribution in [0.3, 0.4) is 0 Å². The minimum absolute atomic E-state index is 0.0109. The van der Waals surface area contributed by atoms with Gasteiger partial charge in [-0.05, 0) is 38.0 Å². The highest BCUT2D eigenvalue weighted by molar-refractivity contribution is 5.93. The Morgan fingerprint density at radius 1 is 1.35 bits per heavy atom. The van der Waals surface area contributed by atoms with E-state index in [0.29, 0.717) is 28.4 Å². The van der Waals surface area contributed by atoms with Crippen LogP contribution in [0.1, 0.15) is 29.9 Å². The summed E-state index contributed by atoms with van der Waals surface area (Å²) in [6.07, 6.45) is 4.47. The number of fused-ring (bicyclic) bond motifs is 1. The van der Waals surface area contributed by atoms with Crippen LogP contribution in [0.25, 0.3) is 11.0 Å². The Kier molecular flexibility index (Phi) is 3.90. The Labute approximate surface area is 149 Å². The number of nitrogen functional groups attached to an aromatic ring is 1. The standard InChI is InChI=1S/C17H19N7O2/c1-10-19-13-7-12(18)5-6-14(13)24(10)16(25)9-23-8-15(21-22-23)20-17(26)11-3-2-4-11/h5-8,11H,2-4,9,18H2,1H3,(H,20,26). The molecule has 0 aliphatic heterocycles. The monoisotopic (exact) mass is 353 g/mol. The number of benzene rings is 1. The number of hydrogen-bond acceptors (Lipinski definition) is 6. The number of anilines is 2. The SMILES string of the molecule is Cc1nc2cc(N)ccc2n1C(=O)Cn1cc(NC(=O)C2CCC2)nn1. The van der Waals surface area contributed by atoms with Crippen LogP contribution in [0.15, 0.2) is 24.4 Å². The summed E-state index contributed by atoms with van der Waals surface area (Å²) in [5.41, 5.74) is 7.73. The van der Waals surface area contributed by atoms with E-state index in [4.69, 9.17) is 5.73 Å². The van der Waals surface area contributed by atoms with Gasteiger partial charge in [-0.3, -0.25) is 14.2 Å². The molecule has 0 spiro atoms. The van der Waals surface area contributed by atoms with E-state index in [1.165, 1.54) is 9.25 Å². The third kappa shape index (κ3) is 2.92. The molecule has 9 nitrogen and oxygen atoms in total. The van der Waals surface area contributed by atoms with Gasteiger partial charge in [-0.2, -0.15) is 0 Å². The van der Waals surface area contributed by atoms with E-state index in [1.54, 1.807) is 31.3 Å². The Balaban J connectivity index is 1.50. The Morgan fingerprint density at radius 2 is 2.15 bits per heavy atom. The van der Waals surface area contributed by atoms with Crippen LogP contribution in [0.5, 0.6) is 0 Å². The number of nitrogens with two attached hydrogens (primary N) is 1. The highest BCUT2D eigenvalue weighted by Crippen LogP contribution is 2.27.